The molecule has 0 bridgehead atoms. The molecule has 1 aliphatic heterocycles. The number of ether oxygens (including phenoxy) is 2. The van der Waals surface area contributed by atoms with Crippen molar-refractivity contribution >= 4 is 18.4 Å². The van der Waals surface area contributed by atoms with Gasteiger partial charge in [-0.05, 0) is 0 Å². The molecule has 3 nitrogen and oxygen atoms in total. The van der Waals surface area contributed by atoms with Gasteiger partial charge in [0, 0.05) is 0 Å². The fraction of sp³-hybridized carbons (Fsp3) is 1.00. The first-order valence-corrected chi connectivity index (χ1v) is 17.2. The van der Waals surface area contributed by atoms with Crippen LogP contribution >= 0.6 is 0 Å². The maximum absolute atomic E-state index is 6.32. The van der Waals surface area contributed by atoms with Gasteiger partial charge in [-0.25, -0.2) is 0 Å². The van der Waals surface area contributed by atoms with Crippen molar-refractivity contribution in [1.82, 2.24) is 0 Å². The van der Waals surface area contributed by atoms with Gasteiger partial charge in [0.2, 0.25) is 0 Å². The van der Waals surface area contributed by atoms with E-state index in [0.717, 1.165) is 4.62 Å². The summed E-state index contributed by atoms with van der Waals surface area (Å²) in [7, 11) is 0. The van der Waals surface area contributed by atoms with Crippen LogP contribution in [0, 0.1) is 0 Å². The monoisotopic (exact) mass is 407 g/mol. The van der Waals surface area contributed by atoms with E-state index in [1.165, 1.54) is 51.8 Å². The Morgan fingerprint density at radius 2 is 1.48 bits per heavy atom. The molecule has 2 unspecified atom stereocenters. The van der Waals surface area contributed by atoms with E-state index in [0.29, 0.717) is 13.2 Å². The molecule has 1 rings (SSSR count). The number of hydrogen-bond donors (Lipinski definition) is 1. The van der Waals surface area contributed by atoms with Gasteiger partial charge in [0.1, 0.15) is 0 Å². The van der Waals surface area contributed by atoms with Crippen LogP contribution in [-0.4, -0.2) is 48.4 Å². The second-order valence-electron chi connectivity index (χ2n) is 6.86. The first-order valence-electron chi connectivity index (χ1n) is 9.12. The Hall–Kier alpha value is 0.679. The molecule has 2 N–H and O–H groups in total. The van der Waals surface area contributed by atoms with Gasteiger partial charge in [-0.1, -0.05) is 0 Å². The van der Waals surface area contributed by atoms with Crippen molar-refractivity contribution in [3.63, 3.8) is 0 Å². The molecule has 0 saturated carbocycles. The van der Waals surface area contributed by atoms with Crippen LogP contribution in [0.4, 0.5) is 0 Å². The standard InChI is InChI=1S/C5H10NO2.3C4H9.Sn/c1-7-5-3-8-2-4(5)6;3*1-3-4-2;/h4-5H,1-3,6H2;3*1,3-4H2,2H3;. The Morgan fingerprint density at radius 3 is 1.86 bits per heavy atom. The van der Waals surface area contributed by atoms with E-state index in [1.54, 1.807) is 0 Å². The predicted molar refractivity (Wildman–Crippen MR) is 93.4 cm³/mol. The molecular formula is C17H37NO2Sn. The Kier molecular flexibility index (Phi) is 10.6. The van der Waals surface area contributed by atoms with E-state index in [2.05, 4.69) is 20.8 Å². The van der Waals surface area contributed by atoms with Crippen molar-refractivity contribution in [3.8, 4) is 0 Å². The molecule has 0 aromatic carbocycles. The van der Waals surface area contributed by atoms with E-state index in [-0.39, 0.29) is 12.1 Å². The second kappa shape index (κ2) is 11.3. The van der Waals surface area contributed by atoms with E-state index >= 15 is 0 Å². The van der Waals surface area contributed by atoms with Crippen molar-refractivity contribution in [2.75, 3.05) is 17.8 Å². The van der Waals surface area contributed by atoms with Crippen molar-refractivity contribution in [2.45, 2.75) is 84.8 Å². The van der Waals surface area contributed by atoms with Crippen molar-refractivity contribution in [3.05, 3.63) is 0 Å². The van der Waals surface area contributed by atoms with Crippen LogP contribution in [0.15, 0.2) is 0 Å². The molecular weight excluding hydrogens is 369 g/mol. The minimum absolute atomic E-state index is 0.0949. The molecule has 0 amide bonds. The summed E-state index contributed by atoms with van der Waals surface area (Å²) in [4.78, 5) is 0. The molecule has 0 aromatic rings. The third-order valence-electron chi connectivity index (χ3n) is 4.86. The van der Waals surface area contributed by atoms with Crippen LogP contribution in [0.1, 0.15) is 59.3 Å². The van der Waals surface area contributed by atoms with E-state index in [4.69, 9.17) is 15.2 Å². The molecule has 0 aliphatic carbocycles. The molecule has 0 aromatic heterocycles. The zero-order valence-corrected chi connectivity index (χ0v) is 17.4. The van der Waals surface area contributed by atoms with Crippen LogP contribution in [0.2, 0.25) is 13.3 Å². The van der Waals surface area contributed by atoms with Crippen molar-refractivity contribution in [1.29, 1.82) is 0 Å². The van der Waals surface area contributed by atoms with Gasteiger partial charge in [0.25, 0.3) is 0 Å². The first kappa shape index (κ1) is 19.7. The average molecular weight is 406 g/mol. The Morgan fingerprint density at radius 1 is 0.952 bits per heavy atom. The molecule has 1 fully saturated rings. The normalized spacial score (nSPS) is 22.9. The van der Waals surface area contributed by atoms with E-state index in [1.807, 2.05) is 0 Å². The molecule has 1 aliphatic rings. The number of nitrogens with two attached hydrogens (primary N) is 1. The Bertz CT molecular complexity index is 241. The minimum atomic E-state index is -2.14. The van der Waals surface area contributed by atoms with E-state index < -0.39 is 18.4 Å². The summed E-state index contributed by atoms with van der Waals surface area (Å²) in [6, 6.07) is 0.0949. The fourth-order valence-electron chi connectivity index (χ4n) is 3.25. The van der Waals surface area contributed by atoms with Crippen molar-refractivity contribution < 1.29 is 9.47 Å². The zero-order valence-electron chi connectivity index (χ0n) is 14.5. The first-order chi connectivity index (χ1) is 10.2. The summed E-state index contributed by atoms with van der Waals surface area (Å²) >= 11 is -2.14. The Balaban J connectivity index is 2.60. The second-order valence-corrected chi connectivity index (χ2v) is 20.5. The van der Waals surface area contributed by atoms with Crippen LogP contribution in [0.25, 0.3) is 0 Å². The SMILES string of the molecule is CCC[CH2][Sn]([CH2]CCC)([CH2]CCC)[CH2]OC1COCC1N. The number of hydrogen-bond acceptors (Lipinski definition) is 3. The third-order valence-corrected chi connectivity index (χ3v) is 19.2. The molecule has 126 valence electrons. The number of unbranched alkanes of at least 4 members (excludes halogenated alkanes) is 3. The van der Waals surface area contributed by atoms with Crippen LogP contribution < -0.4 is 5.73 Å². The van der Waals surface area contributed by atoms with Gasteiger partial charge >= 0.3 is 136 Å². The van der Waals surface area contributed by atoms with Crippen LogP contribution in [0.5, 0.6) is 0 Å². The van der Waals surface area contributed by atoms with Crippen LogP contribution in [0.3, 0.4) is 0 Å². The molecule has 1 heterocycles. The molecule has 0 spiro atoms. The maximum atomic E-state index is 6.32. The predicted octanol–water partition coefficient (Wildman–Crippen LogP) is 4.12. The molecule has 2 atom stereocenters. The van der Waals surface area contributed by atoms with Crippen LogP contribution in [-0.2, 0) is 9.47 Å². The van der Waals surface area contributed by atoms with Gasteiger partial charge < -0.3 is 0 Å². The van der Waals surface area contributed by atoms with Gasteiger partial charge in [0.15, 0.2) is 0 Å². The summed E-state index contributed by atoms with van der Waals surface area (Å²) in [5, 5.41) is 0. The molecule has 1 saturated heterocycles. The third kappa shape index (κ3) is 7.19. The van der Waals surface area contributed by atoms with Gasteiger partial charge in [-0.15, -0.1) is 0 Å². The van der Waals surface area contributed by atoms with Crippen molar-refractivity contribution in [2.24, 2.45) is 5.73 Å². The summed E-state index contributed by atoms with van der Waals surface area (Å²) in [6.45, 7) is 8.33. The molecule has 0 radical (unpaired) electrons. The van der Waals surface area contributed by atoms with Gasteiger partial charge in [-0.2, -0.15) is 0 Å². The zero-order chi connectivity index (χ0) is 15.6. The molecule has 4 heteroatoms. The number of rotatable bonds is 12. The average Bonchev–Trinajstić information content (AvgIpc) is 2.91. The summed E-state index contributed by atoms with van der Waals surface area (Å²) in [6.07, 6.45) is 8.33. The van der Waals surface area contributed by atoms with E-state index in [9.17, 15) is 0 Å². The summed E-state index contributed by atoms with van der Waals surface area (Å²) < 4.78 is 17.4. The summed E-state index contributed by atoms with van der Waals surface area (Å²) in [5.74, 6) is 0. The summed E-state index contributed by atoms with van der Waals surface area (Å²) in [5.41, 5.74) is 6.08. The molecule has 21 heavy (non-hydrogen) atoms. The van der Waals surface area contributed by atoms with Gasteiger partial charge in [0.05, 0.1) is 0 Å². The van der Waals surface area contributed by atoms with Gasteiger partial charge in [-0.3, -0.25) is 0 Å². The topological polar surface area (TPSA) is 44.5 Å². The fourth-order valence-corrected chi connectivity index (χ4v) is 17.7. The quantitative estimate of drug-likeness (QED) is 0.496. The Labute approximate surface area is 136 Å².